The Morgan fingerprint density at radius 2 is 0.962 bits per heavy atom. The number of rotatable bonds is 3. The fourth-order valence-corrected chi connectivity index (χ4v) is 9.72. The van der Waals surface area contributed by atoms with Gasteiger partial charge in [-0.3, -0.25) is 4.40 Å². The number of pyridine rings is 1. The van der Waals surface area contributed by atoms with Gasteiger partial charge in [0.2, 0.25) is 0 Å². The second kappa shape index (κ2) is 9.78. The van der Waals surface area contributed by atoms with E-state index in [9.17, 15) is 0 Å². The molecule has 0 unspecified atom stereocenters. The molecule has 0 aliphatic heterocycles. The Bertz CT molecular complexity index is 3580. The summed E-state index contributed by atoms with van der Waals surface area (Å²) in [5, 5.41) is 15.1. The van der Waals surface area contributed by atoms with Crippen LogP contribution in [0.4, 0.5) is 17.1 Å². The molecule has 0 spiro atoms. The Labute approximate surface area is 302 Å². The molecule has 5 aromatic heterocycles. The van der Waals surface area contributed by atoms with E-state index in [2.05, 4.69) is 184 Å². The second-order valence-electron chi connectivity index (χ2n) is 14.3. The first-order valence-corrected chi connectivity index (χ1v) is 18.2. The van der Waals surface area contributed by atoms with E-state index in [0.717, 1.165) is 33.7 Å². The van der Waals surface area contributed by atoms with Crippen molar-refractivity contribution in [1.82, 2.24) is 13.8 Å². The Morgan fingerprint density at radius 3 is 1.70 bits per heavy atom. The minimum atomic E-state index is 0.985. The quantitative estimate of drug-likeness (QED) is 0.187. The SMILES string of the molecule is c1ccc(N(c2ccccc2)c2cc3ccccc3c3c4cccc5c6c7c8c9ccccc9cc9c%10ccccc%10n(c7cnc6n(c23)c54)c98)cc1. The van der Waals surface area contributed by atoms with E-state index < -0.39 is 0 Å². The minimum absolute atomic E-state index is 0.985. The Morgan fingerprint density at radius 1 is 0.377 bits per heavy atom. The van der Waals surface area contributed by atoms with Crippen molar-refractivity contribution in [1.29, 1.82) is 0 Å². The van der Waals surface area contributed by atoms with Gasteiger partial charge in [0.1, 0.15) is 5.65 Å². The van der Waals surface area contributed by atoms with Gasteiger partial charge in [0, 0.05) is 54.5 Å². The molecule has 0 radical (unpaired) electrons. The average Bonchev–Trinajstić information content (AvgIpc) is 3.95. The van der Waals surface area contributed by atoms with Crippen LogP contribution in [0.15, 0.2) is 170 Å². The van der Waals surface area contributed by atoms with E-state index in [-0.39, 0.29) is 0 Å². The van der Waals surface area contributed by atoms with Crippen molar-refractivity contribution < 1.29 is 0 Å². The second-order valence-corrected chi connectivity index (χ2v) is 14.3. The van der Waals surface area contributed by atoms with Gasteiger partial charge in [-0.05, 0) is 64.0 Å². The first-order chi connectivity index (χ1) is 26.3. The molecule has 0 atom stereocenters. The van der Waals surface area contributed by atoms with Crippen LogP contribution < -0.4 is 4.90 Å². The van der Waals surface area contributed by atoms with Crippen molar-refractivity contribution in [2.45, 2.75) is 0 Å². The Kier molecular flexibility index (Phi) is 5.08. The number of hydrogen-bond acceptors (Lipinski definition) is 2. The molecule has 0 saturated heterocycles. The molecule has 0 N–H and O–H groups in total. The van der Waals surface area contributed by atoms with Gasteiger partial charge in [-0.25, -0.2) is 4.98 Å². The van der Waals surface area contributed by atoms with Gasteiger partial charge in [-0.1, -0.05) is 121 Å². The maximum atomic E-state index is 5.48. The number of anilines is 3. The van der Waals surface area contributed by atoms with Gasteiger partial charge < -0.3 is 9.30 Å². The monoisotopic (exact) mass is 672 g/mol. The number of para-hydroxylation sites is 4. The molecular formula is C49H28N4. The molecule has 8 aromatic carbocycles. The molecule has 0 saturated carbocycles. The van der Waals surface area contributed by atoms with Crippen LogP contribution in [0.3, 0.4) is 0 Å². The maximum Gasteiger partial charge on any atom is 0.146 e. The third kappa shape index (κ3) is 3.34. The zero-order valence-electron chi connectivity index (χ0n) is 28.5. The third-order valence-corrected chi connectivity index (χ3v) is 11.7. The van der Waals surface area contributed by atoms with Gasteiger partial charge >= 0.3 is 0 Å². The summed E-state index contributed by atoms with van der Waals surface area (Å²) in [6.45, 7) is 0. The van der Waals surface area contributed by atoms with E-state index in [1.807, 2.05) is 0 Å². The molecule has 4 nitrogen and oxygen atoms in total. The fraction of sp³-hybridized carbons (Fsp3) is 0. The van der Waals surface area contributed by atoms with Crippen molar-refractivity contribution in [3.05, 3.63) is 170 Å². The van der Waals surface area contributed by atoms with Crippen molar-refractivity contribution in [3.63, 3.8) is 0 Å². The highest BCUT2D eigenvalue weighted by Gasteiger charge is 2.29. The molecule has 0 amide bonds. The van der Waals surface area contributed by atoms with Gasteiger partial charge in [-0.2, -0.15) is 0 Å². The summed E-state index contributed by atoms with van der Waals surface area (Å²) in [4.78, 5) is 7.89. The largest absolute Gasteiger partial charge is 0.308 e. The molecule has 5 heterocycles. The molecule has 4 heteroatoms. The molecule has 13 rings (SSSR count). The van der Waals surface area contributed by atoms with E-state index in [0.29, 0.717) is 0 Å². The smallest absolute Gasteiger partial charge is 0.146 e. The predicted octanol–water partition coefficient (Wildman–Crippen LogP) is 13.2. The summed E-state index contributed by atoms with van der Waals surface area (Å²) < 4.78 is 4.94. The molecule has 0 aliphatic carbocycles. The fourth-order valence-electron chi connectivity index (χ4n) is 9.72. The lowest BCUT2D eigenvalue weighted by molar-refractivity contribution is 1.24. The van der Waals surface area contributed by atoms with Crippen LogP contribution >= 0.6 is 0 Å². The van der Waals surface area contributed by atoms with Gasteiger partial charge in [0.25, 0.3) is 0 Å². The number of benzene rings is 8. The topological polar surface area (TPSA) is 24.9 Å². The van der Waals surface area contributed by atoms with E-state index in [4.69, 9.17) is 4.98 Å². The van der Waals surface area contributed by atoms with Crippen molar-refractivity contribution in [2.75, 3.05) is 4.90 Å². The molecule has 244 valence electrons. The minimum Gasteiger partial charge on any atom is -0.308 e. The van der Waals surface area contributed by atoms with Gasteiger partial charge in [0.05, 0.1) is 39.5 Å². The highest BCUT2D eigenvalue weighted by Crippen LogP contribution is 2.51. The number of aromatic nitrogens is 3. The maximum absolute atomic E-state index is 5.48. The standard InChI is InChI=1S/C49H28N4/c1-3-16-31(17-4-1)51(32-18-5-2-6-19-32)40-27-30-15-8-9-20-33(30)42-36-23-13-24-37-44-45-41(28-50-49(44)53(46(36)37)48(40)42)52-39-25-12-11-22-35(39)38-26-29-14-7-10-21-34(29)43(45)47(38)52/h1-28H. The summed E-state index contributed by atoms with van der Waals surface area (Å²) in [5.41, 5.74) is 10.3. The zero-order valence-corrected chi connectivity index (χ0v) is 28.5. The van der Waals surface area contributed by atoms with Crippen LogP contribution in [-0.4, -0.2) is 13.8 Å². The number of fused-ring (bicyclic) bond motifs is 17. The Balaban J connectivity index is 1.30. The van der Waals surface area contributed by atoms with Gasteiger partial charge in [-0.15, -0.1) is 0 Å². The lowest BCUT2D eigenvalue weighted by Crippen LogP contribution is -2.11. The number of hydrogen-bond donors (Lipinski definition) is 0. The first-order valence-electron chi connectivity index (χ1n) is 18.2. The van der Waals surface area contributed by atoms with Crippen LogP contribution in [0.25, 0.3) is 97.9 Å². The van der Waals surface area contributed by atoms with Gasteiger partial charge in [0.15, 0.2) is 0 Å². The van der Waals surface area contributed by atoms with Crippen molar-refractivity contribution >= 4 is 115 Å². The predicted molar refractivity (Wildman–Crippen MR) is 223 cm³/mol. The summed E-state index contributed by atoms with van der Waals surface area (Å²) in [6.07, 6.45) is 2.13. The number of nitrogens with zero attached hydrogens (tertiary/aromatic N) is 4. The molecule has 13 aromatic rings. The Hall–Kier alpha value is -7.17. The van der Waals surface area contributed by atoms with E-state index >= 15 is 0 Å². The first kappa shape index (κ1) is 27.5. The van der Waals surface area contributed by atoms with E-state index in [1.165, 1.54) is 81.2 Å². The summed E-state index contributed by atoms with van der Waals surface area (Å²) in [6, 6.07) is 59.6. The lowest BCUT2D eigenvalue weighted by Gasteiger charge is -2.27. The molecule has 0 aliphatic rings. The van der Waals surface area contributed by atoms with Crippen LogP contribution in [0.5, 0.6) is 0 Å². The highest BCUT2D eigenvalue weighted by molar-refractivity contribution is 6.40. The van der Waals surface area contributed by atoms with Crippen LogP contribution in [0.2, 0.25) is 0 Å². The molecular weight excluding hydrogens is 645 g/mol. The third-order valence-electron chi connectivity index (χ3n) is 11.7. The van der Waals surface area contributed by atoms with Crippen LogP contribution in [-0.2, 0) is 0 Å². The highest BCUT2D eigenvalue weighted by atomic mass is 15.2. The van der Waals surface area contributed by atoms with Crippen LogP contribution in [0.1, 0.15) is 0 Å². The van der Waals surface area contributed by atoms with Crippen LogP contribution in [0, 0.1) is 0 Å². The molecule has 53 heavy (non-hydrogen) atoms. The summed E-state index contributed by atoms with van der Waals surface area (Å²) in [5.74, 6) is 0. The summed E-state index contributed by atoms with van der Waals surface area (Å²) in [7, 11) is 0. The molecule has 0 bridgehead atoms. The molecule has 0 fully saturated rings. The zero-order chi connectivity index (χ0) is 34.4. The van der Waals surface area contributed by atoms with Crippen molar-refractivity contribution in [2.24, 2.45) is 0 Å². The average molecular weight is 673 g/mol. The summed E-state index contributed by atoms with van der Waals surface area (Å²) >= 11 is 0. The van der Waals surface area contributed by atoms with Crippen molar-refractivity contribution in [3.8, 4) is 0 Å². The van der Waals surface area contributed by atoms with E-state index in [1.54, 1.807) is 0 Å². The normalized spacial score (nSPS) is 12.5. The lowest BCUT2D eigenvalue weighted by atomic mass is 9.98.